The van der Waals surface area contributed by atoms with Crippen LogP contribution in [0.4, 0.5) is 0 Å². The second kappa shape index (κ2) is 5.99. The summed E-state index contributed by atoms with van der Waals surface area (Å²) < 4.78 is 16.8. The van der Waals surface area contributed by atoms with E-state index in [1.165, 1.54) is 6.07 Å². The molecule has 1 aromatic carbocycles. The lowest BCUT2D eigenvalue weighted by Crippen LogP contribution is -2.12. The largest absolute Gasteiger partial charge is 0.462 e. The molecule has 0 aliphatic rings. The number of rotatable bonds is 5. The zero-order valence-corrected chi connectivity index (χ0v) is 10.9. The van der Waals surface area contributed by atoms with Gasteiger partial charge in [-0.2, -0.15) is 0 Å². The van der Waals surface area contributed by atoms with Crippen molar-refractivity contribution in [1.82, 2.24) is 0 Å². The van der Waals surface area contributed by atoms with Crippen LogP contribution in [0.5, 0.6) is 0 Å². The average Bonchev–Trinajstić information content (AvgIpc) is 2.29. The van der Waals surface area contributed by atoms with E-state index < -0.39 is 13.3 Å². The lowest BCUT2D eigenvalue weighted by molar-refractivity contribution is 0.0526. The molecule has 94 valence electrons. The lowest BCUT2D eigenvalue weighted by Gasteiger charge is -2.11. The molecule has 1 unspecified atom stereocenters. The minimum atomic E-state index is -3.34. The zero-order valence-electron chi connectivity index (χ0n) is 10.0. The van der Waals surface area contributed by atoms with Gasteiger partial charge in [0, 0.05) is 11.5 Å². The third-order valence-electron chi connectivity index (χ3n) is 2.29. The minimum absolute atomic E-state index is 0.222. The molecule has 0 fully saturated rings. The van der Waals surface area contributed by atoms with Gasteiger partial charge < -0.3 is 9.63 Å². The molecule has 1 rings (SSSR count). The first-order chi connectivity index (χ1) is 8.01. The monoisotopic (exact) mass is 256 g/mol. The van der Waals surface area contributed by atoms with Gasteiger partial charge in [0.05, 0.1) is 12.2 Å². The molecule has 0 radical (unpaired) electrons. The van der Waals surface area contributed by atoms with E-state index in [2.05, 4.69) is 0 Å². The molecule has 0 aliphatic heterocycles. The summed E-state index contributed by atoms with van der Waals surface area (Å²) in [4.78, 5) is 21.3. The first-order valence-electron chi connectivity index (χ1n) is 5.60. The van der Waals surface area contributed by atoms with Gasteiger partial charge in [0.2, 0.25) is 7.37 Å². The summed E-state index contributed by atoms with van der Waals surface area (Å²) >= 11 is 0. The number of carbonyl (C=O) groups excluding carboxylic acids is 1. The third-order valence-corrected chi connectivity index (χ3v) is 4.43. The van der Waals surface area contributed by atoms with Gasteiger partial charge in [-0.1, -0.05) is 13.0 Å². The minimum Gasteiger partial charge on any atom is -0.462 e. The number of ether oxygens (including phenoxy) is 1. The molecule has 0 saturated carbocycles. The van der Waals surface area contributed by atoms with Crippen LogP contribution in [0.1, 0.15) is 30.6 Å². The number of esters is 1. The fraction of sp³-hybridized carbons (Fsp3) is 0.417. The molecule has 0 spiro atoms. The van der Waals surface area contributed by atoms with E-state index in [9.17, 15) is 14.3 Å². The van der Waals surface area contributed by atoms with Crippen molar-refractivity contribution in [1.29, 1.82) is 0 Å². The highest BCUT2D eigenvalue weighted by atomic mass is 31.2. The fourth-order valence-electron chi connectivity index (χ4n) is 1.50. The smallest absolute Gasteiger partial charge is 0.338 e. The SMILES string of the molecule is CCCP(=O)(O)c1cccc(C(=O)OCC)c1. The molecule has 0 aliphatic carbocycles. The number of carbonyl (C=O) groups is 1. The van der Waals surface area contributed by atoms with E-state index in [0.29, 0.717) is 17.3 Å². The molecular weight excluding hydrogens is 239 g/mol. The number of hydrogen-bond donors (Lipinski definition) is 1. The van der Waals surface area contributed by atoms with E-state index >= 15 is 0 Å². The normalized spacial score (nSPS) is 14.1. The Morgan fingerprint density at radius 2 is 2.12 bits per heavy atom. The fourth-order valence-corrected chi connectivity index (χ4v) is 3.02. The summed E-state index contributed by atoms with van der Waals surface area (Å²) in [5.41, 5.74) is 0.315. The van der Waals surface area contributed by atoms with Crippen molar-refractivity contribution in [2.45, 2.75) is 20.3 Å². The standard InChI is InChI=1S/C12H17O4P/c1-3-8-17(14,15)11-7-5-6-10(9-11)12(13)16-4-2/h5-7,9H,3-4,8H2,1-2H3,(H,14,15). The van der Waals surface area contributed by atoms with Crippen LogP contribution >= 0.6 is 7.37 Å². The van der Waals surface area contributed by atoms with E-state index in [4.69, 9.17) is 4.74 Å². The summed E-state index contributed by atoms with van der Waals surface area (Å²) in [5.74, 6) is -0.467. The average molecular weight is 256 g/mol. The molecule has 0 amide bonds. The Labute approximate surface area is 101 Å². The van der Waals surface area contributed by atoms with Gasteiger partial charge in [0.1, 0.15) is 0 Å². The highest BCUT2D eigenvalue weighted by Crippen LogP contribution is 2.39. The molecule has 0 bridgehead atoms. The van der Waals surface area contributed by atoms with Crippen LogP contribution in [-0.4, -0.2) is 23.6 Å². The van der Waals surface area contributed by atoms with E-state index in [-0.39, 0.29) is 12.8 Å². The van der Waals surface area contributed by atoms with Crippen LogP contribution in [0.15, 0.2) is 24.3 Å². The van der Waals surface area contributed by atoms with E-state index in [0.717, 1.165) is 0 Å². The van der Waals surface area contributed by atoms with Gasteiger partial charge in [-0.05, 0) is 31.5 Å². The molecule has 1 atom stereocenters. The zero-order chi connectivity index (χ0) is 12.9. The molecule has 0 heterocycles. The molecule has 4 nitrogen and oxygen atoms in total. The van der Waals surface area contributed by atoms with Gasteiger partial charge in [0.15, 0.2) is 0 Å². The Bertz CT molecular complexity index is 442. The molecule has 1 N–H and O–H groups in total. The summed E-state index contributed by atoms with van der Waals surface area (Å²) in [6.45, 7) is 3.85. The van der Waals surface area contributed by atoms with Crippen LogP contribution in [0.25, 0.3) is 0 Å². The van der Waals surface area contributed by atoms with E-state index in [1.807, 2.05) is 6.92 Å². The Balaban J connectivity index is 3.01. The third kappa shape index (κ3) is 3.69. The molecule has 0 aromatic heterocycles. The van der Waals surface area contributed by atoms with Gasteiger partial charge in [-0.15, -0.1) is 0 Å². The Morgan fingerprint density at radius 1 is 1.41 bits per heavy atom. The van der Waals surface area contributed by atoms with Crippen molar-refractivity contribution >= 4 is 18.6 Å². The highest BCUT2D eigenvalue weighted by Gasteiger charge is 2.21. The predicted octanol–water partition coefficient (Wildman–Crippen LogP) is 2.17. The Morgan fingerprint density at radius 3 is 2.71 bits per heavy atom. The van der Waals surface area contributed by atoms with Crippen molar-refractivity contribution in [3.8, 4) is 0 Å². The predicted molar refractivity (Wildman–Crippen MR) is 67.0 cm³/mol. The molecule has 1 aromatic rings. The summed E-state index contributed by atoms with van der Waals surface area (Å²) in [6.07, 6.45) is 0.844. The Hall–Kier alpha value is -1.12. The van der Waals surface area contributed by atoms with Crippen molar-refractivity contribution in [2.24, 2.45) is 0 Å². The van der Waals surface area contributed by atoms with E-state index in [1.54, 1.807) is 25.1 Å². The first-order valence-corrected chi connectivity index (χ1v) is 7.45. The highest BCUT2D eigenvalue weighted by molar-refractivity contribution is 7.66. The lowest BCUT2D eigenvalue weighted by atomic mass is 10.2. The topological polar surface area (TPSA) is 63.6 Å². The molecule has 0 saturated heterocycles. The summed E-state index contributed by atoms with van der Waals surface area (Å²) in [7, 11) is -3.34. The van der Waals surface area contributed by atoms with Crippen molar-refractivity contribution in [3.05, 3.63) is 29.8 Å². The molecule has 5 heteroatoms. The number of hydrogen-bond acceptors (Lipinski definition) is 3. The van der Waals surface area contributed by atoms with Crippen LogP contribution in [0, 0.1) is 0 Å². The van der Waals surface area contributed by atoms with Crippen molar-refractivity contribution < 1.29 is 19.0 Å². The van der Waals surface area contributed by atoms with Crippen LogP contribution in [-0.2, 0) is 9.30 Å². The van der Waals surface area contributed by atoms with Crippen LogP contribution in [0.3, 0.4) is 0 Å². The van der Waals surface area contributed by atoms with Gasteiger partial charge in [-0.25, -0.2) is 4.79 Å². The van der Waals surface area contributed by atoms with Crippen molar-refractivity contribution in [2.75, 3.05) is 12.8 Å². The maximum absolute atomic E-state index is 12.0. The van der Waals surface area contributed by atoms with Gasteiger partial charge in [-0.3, -0.25) is 4.57 Å². The summed E-state index contributed by atoms with van der Waals surface area (Å²) in [6, 6.07) is 6.18. The van der Waals surface area contributed by atoms with Crippen LogP contribution in [0.2, 0.25) is 0 Å². The quantitative estimate of drug-likeness (QED) is 0.647. The Kier molecular flexibility index (Phi) is 4.91. The van der Waals surface area contributed by atoms with Gasteiger partial charge in [0.25, 0.3) is 0 Å². The second-order valence-corrected chi connectivity index (χ2v) is 6.06. The summed E-state index contributed by atoms with van der Waals surface area (Å²) in [5, 5.41) is 0.310. The second-order valence-electron chi connectivity index (χ2n) is 3.70. The van der Waals surface area contributed by atoms with Crippen LogP contribution < -0.4 is 5.30 Å². The molecular formula is C12H17O4P. The first kappa shape index (κ1) is 13.9. The van der Waals surface area contributed by atoms with Gasteiger partial charge >= 0.3 is 5.97 Å². The maximum Gasteiger partial charge on any atom is 0.338 e. The number of benzene rings is 1. The van der Waals surface area contributed by atoms with Crippen molar-refractivity contribution in [3.63, 3.8) is 0 Å². The maximum atomic E-state index is 12.0. The molecule has 17 heavy (non-hydrogen) atoms.